The van der Waals surface area contributed by atoms with Gasteiger partial charge in [-0.15, -0.1) is 0 Å². The smallest absolute Gasteiger partial charge is 0.362 e. The summed E-state index contributed by atoms with van der Waals surface area (Å²) >= 11 is 0. The number of carbonyl (C=O) groups excluding carboxylic acids is 2. The Morgan fingerprint density at radius 2 is 1.62 bits per heavy atom. The molecule has 1 fully saturated rings. The van der Waals surface area contributed by atoms with Crippen LogP contribution in [0, 0.1) is 0 Å². The van der Waals surface area contributed by atoms with Crippen LogP contribution in [0.1, 0.15) is 33.3 Å². The molecule has 0 spiro atoms. The number of amides is 1. The van der Waals surface area contributed by atoms with E-state index in [0.29, 0.717) is 13.1 Å². The van der Waals surface area contributed by atoms with Crippen molar-refractivity contribution in [1.82, 2.24) is 0 Å². The van der Waals surface area contributed by atoms with Crippen LogP contribution in [0.2, 0.25) is 0 Å². The second-order valence-electron chi connectivity index (χ2n) is 8.00. The van der Waals surface area contributed by atoms with E-state index in [4.69, 9.17) is 4.74 Å². The largest absolute Gasteiger partial charge is 0.456 e. The first-order valence-corrected chi connectivity index (χ1v) is 9.53. The zero-order valence-corrected chi connectivity index (χ0v) is 16.5. The molecule has 0 unspecified atom stereocenters. The number of piperazine rings is 1. The van der Waals surface area contributed by atoms with Crippen LogP contribution in [0.3, 0.4) is 0 Å². The van der Waals surface area contributed by atoms with Crippen LogP contribution in [-0.2, 0) is 20.7 Å². The zero-order chi connectivity index (χ0) is 19.2. The number of esters is 1. The van der Waals surface area contributed by atoms with Crippen molar-refractivity contribution in [2.24, 2.45) is 0 Å². The maximum atomic E-state index is 12.4. The maximum absolute atomic E-state index is 12.4. The molecule has 1 saturated heterocycles. The molecule has 0 aliphatic carbocycles. The summed E-state index contributed by atoms with van der Waals surface area (Å²) < 4.78 is 5.39. The minimum absolute atomic E-state index is 0.0523. The van der Waals surface area contributed by atoms with Gasteiger partial charge in [-0.3, -0.25) is 4.79 Å². The van der Waals surface area contributed by atoms with Crippen molar-refractivity contribution in [1.29, 1.82) is 0 Å². The van der Waals surface area contributed by atoms with E-state index in [0.717, 1.165) is 43.9 Å². The number of rotatable bonds is 6. The highest BCUT2D eigenvalue weighted by molar-refractivity contribution is 5.92. The van der Waals surface area contributed by atoms with Gasteiger partial charge in [0, 0.05) is 5.69 Å². The van der Waals surface area contributed by atoms with Crippen LogP contribution < -0.4 is 15.1 Å². The van der Waals surface area contributed by atoms with E-state index in [2.05, 4.69) is 12.2 Å². The van der Waals surface area contributed by atoms with Gasteiger partial charge in [-0.2, -0.15) is 0 Å². The highest BCUT2D eigenvalue weighted by Crippen LogP contribution is 2.14. The molecule has 6 heteroatoms. The van der Waals surface area contributed by atoms with E-state index < -0.39 is 5.60 Å². The number of para-hydroxylation sites is 1. The van der Waals surface area contributed by atoms with Gasteiger partial charge in [-0.1, -0.05) is 25.1 Å². The van der Waals surface area contributed by atoms with Gasteiger partial charge in [0.25, 0.3) is 5.91 Å². The van der Waals surface area contributed by atoms with E-state index in [1.165, 1.54) is 9.80 Å². The molecular weight excluding hydrogens is 330 g/mol. The number of anilines is 1. The summed E-state index contributed by atoms with van der Waals surface area (Å²) in [6.07, 6.45) is 0.899. The summed E-state index contributed by atoms with van der Waals surface area (Å²) in [5.41, 5.74) is 1.63. The average molecular weight is 364 g/mol. The minimum Gasteiger partial charge on any atom is -0.456 e. The first-order chi connectivity index (χ1) is 12.3. The van der Waals surface area contributed by atoms with E-state index in [-0.39, 0.29) is 11.9 Å². The van der Waals surface area contributed by atoms with E-state index in [9.17, 15) is 9.59 Å². The Balaban J connectivity index is 1.74. The summed E-state index contributed by atoms with van der Waals surface area (Å²) in [6, 6.07) is 7.93. The van der Waals surface area contributed by atoms with Crippen molar-refractivity contribution in [3.8, 4) is 0 Å². The van der Waals surface area contributed by atoms with Crippen LogP contribution in [0.25, 0.3) is 0 Å². The standard InChI is InChI=1S/C20H31N3O3/c1-5-16-8-6-7-9-17(16)21-18(24)14-22-10-12-23(13-11-22)15-19(25)26-20(2,3)4/h6-9H,5,10-15H2,1-4H3,(H,21,24)/p+2. The Morgan fingerprint density at radius 1 is 1.04 bits per heavy atom. The van der Waals surface area contributed by atoms with Crippen molar-refractivity contribution in [3.05, 3.63) is 29.8 Å². The van der Waals surface area contributed by atoms with Gasteiger partial charge >= 0.3 is 5.97 Å². The molecule has 0 aromatic heterocycles. The minimum atomic E-state index is -0.434. The number of quaternary nitrogens is 2. The number of aryl methyl sites for hydroxylation is 1. The molecule has 144 valence electrons. The van der Waals surface area contributed by atoms with Gasteiger partial charge in [0.05, 0.1) is 0 Å². The maximum Gasteiger partial charge on any atom is 0.362 e. The first-order valence-electron chi connectivity index (χ1n) is 9.53. The number of carbonyl (C=O) groups is 2. The molecule has 0 radical (unpaired) electrons. The van der Waals surface area contributed by atoms with E-state index >= 15 is 0 Å². The van der Waals surface area contributed by atoms with Crippen LogP contribution in [0.4, 0.5) is 5.69 Å². The van der Waals surface area contributed by atoms with Gasteiger partial charge in [0.15, 0.2) is 13.1 Å². The van der Waals surface area contributed by atoms with Gasteiger partial charge in [-0.05, 0) is 38.8 Å². The lowest BCUT2D eigenvalue weighted by Gasteiger charge is -2.29. The molecule has 1 aromatic carbocycles. The number of ether oxygens (including phenoxy) is 1. The fourth-order valence-electron chi connectivity index (χ4n) is 3.26. The molecule has 1 amide bonds. The molecule has 6 nitrogen and oxygen atoms in total. The Labute approximate surface area is 156 Å². The lowest BCUT2D eigenvalue weighted by molar-refractivity contribution is -1.00. The van der Waals surface area contributed by atoms with Crippen molar-refractivity contribution < 1.29 is 24.1 Å². The lowest BCUT2D eigenvalue weighted by atomic mass is 10.1. The Morgan fingerprint density at radius 3 is 2.19 bits per heavy atom. The Bertz CT molecular complexity index is 617. The van der Waals surface area contributed by atoms with Crippen molar-refractivity contribution in [2.75, 3.05) is 44.6 Å². The third-order valence-corrected chi connectivity index (χ3v) is 4.56. The number of nitrogens with one attached hydrogen (secondary N) is 3. The normalized spacial score (nSPS) is 20.5. The molecule has 0 bridgehead atoms. The summed E-state index contributed by atoms with van der Waals surface area (Å²) in [5.74, 6) is -0.0960. The molecule has 1 aliphatic heterocycles. The Hall–Kier alpha value is -1.92. The van der Waals surface area contributed by atoms with Crippen LogP contribution in [0.5, 0.6) is 0 Å². The topological polar surface area (TPSA) is 64.3 Å². The summed E-state index contributed by atoms with van der Waals surface area (Å²) in [7, 11) is 0. The number of benzene rings is 1. The van der Waals surface area contributed by atoms with E-state index in [1.54, 1.807) is 0 Å². The number of hydrogen-bond donors (Lipinski definition) is 3. The highest BCUT2D eigenvalue weighted by atomic mass is 16.6. The number of hydrogen-bond acceptors (Lipinski definition) is 3. The lowest BCUT2D eigenvalue weighted by Crippen LogP contribution is -3.28. The fraction of sp³-hybridized carbons (Fsp3) is 0.600. The van der Waals surface area contributed by atoms with Gasteiger partial charge in [-0.25, -0.2) is 4.79 Å². The summed E-state index contributed by atoms with van der Waals surface area (Å²) in [5, 5.41) is 3.04. The van der Waals surface area contributed by atoms with Crippen molar-refractivity contribution in [2.45, 2.75) is 39.7 Å². The van der Waals surface area contributed by atoms with E-state index in [1.807, 2.05) is 45.0 Å². The second-order valence-corrected chi connectivity index (χ2v) is 8.00. The third-order valence-electron chi connectivity index (χ3n) is 4.56. The first kappa shape index (κ1) is 20.4. The SMILES string of the molecule is CCc1ccccc1NC(=O)C[NH+]1CC[NH+](CC(=O)OC(C)(C)C)CC1. The quantitative estimate of drug-likeness (QED) is 0.587. The molecule has 1 aliphatic rings. The molecule has 0 atom stereocenters. The van der Waals surface area contributed by atoms with Crippen molar-refractivity contribution >= 4 is 17.6 Å². The zero-order valence-electron chi connectivity index (χ0n) is 16.5. The summed E-state index contributed by atoms with van der Waals surface area (Å²) in [6.45, 7) is 12.2. The van der Waals surface area contributed by atoms with Crippen molar-refractivity contribution in [3.63, 3.8) is 0 Å². The second kappa shape index (κ2) is 9.14. The monoisotopic (exact) mass is 363 g/mol. The molecule has 1 aromatic rings. The predicted octanol–water partition coefficient (Wildman–Crippen LogP) is -0.687. The van der Waals surface area contributed by atoms with Crippen LogP contribution >= 0.6 is 0 Å². The van der Waals surface area contributed by atoms with Crippen LogP contribution in [-0.4, -0.2) is 56.7 Å². The van der Waals surface area contributed by atoms with Gasteiger partial charge in [0.2, 0.25) is 0 Å². The molecule has 2 rings (SSSR count). The van der Waals surface area contributed by atoms with Crippen LogP contribution in [0.15, 0.2) is 24.3 Å². The summed E-state index contributed by atoms with van der Waals surface area (Å²) in [4.78, 5) is 26.8. The third kappa shape index (κ3) is 6.77. The average Bonchev–Trinajstić information content (AvgIpc) is 2.55. The highest BCUT2D eigenvalue weighted by Gasteiger charge is 2.28. The molecule has 26 heavy (non-hydrogen) atoms. The van der Waals surface area contributed by atoms with Gasteiger partial charge in [0.1, 0.15) is 31.8 Å². The van der Waals surface area contributed by atoms with Gasteiger partial charge < -0.3 is 19.9 Å². The molecule has 3 N–H and O–H groups in total. The fourth-order valence-corrected chi connectivity index (χ4v) is 3.26. The molecule has 1 heterocycles. The Kier molecular flexibility index (Phi) is 7.17. The molecular formula is C20H33N3O3+2. The molecule has 0 saturated carbocycles. The predicted molar refractivity (Wildman–Crippen MR) is 101 cm³/mol.